The number of carbonyl (C=O) groups excluding carboxylic acids is 2. The summed E-state index contributed by atoms with van der Waals surface area (Å²) in [4.78, 5) is 25.9. The van der Waals surface area contributed by atoms with Crippen molar-refractivity contribution in [3.05, 3.63) is 78.1 Å². The average Bonchev–Trinajstić information content (AvgIpc) is 3.14. The minimum atomic E-state index is -0.526. The number of rotatable bonds is 4. The van der Waals surface area contributed by atoms with Gasteiger partial charge in [0.2, 0.25) is 5.91 Å². The van der Waals surface area contributed by atoms with Crippen LogP contribution in [0.2, 0.25) is 0 Å². The van der Waals surface area contributed by atoms with E-state index in [9.17, 15) is 9.59 Å². The second-order valence-corrected chi connectivity index (χ2v) is 6.04. The zero-order valence-corrected chi connectivity index (χ0v) is 13.9. The highest BCUT2D eigenvalue weighted by Gasteiger charge is 2.33. The number of aromatic nitrogens is 2. The molecule has 1 atom stereocenters. The van der Waals surface area contributed by atoms with E-state index in [1.165, 1.54) is 0 Å². The molecule has 7 heteroatoms. The molecule has 26 heavy (non-hydrogen) atoms. The largest absolute Gasteiger partial charge is 0.368 e. The van der Waals surface area contributed by atoms with Gasteiger partial charge in [-0.2, -0.15) is 5.10 Å². The highest BCUT2D eigenvalue weighted by Crippen LogP contribution is 2.32. The number of hydrogen-bond donors (Lipinski definition) is 2. The Morgan fingerprint density at radius 1 is 1.12 bits per heavy atom. The van der Waals surface area contributed by atoms with Gasteiger partial charge in [0.15, 0.2) is 0 Å². The molecule has 0 saturated heterocycles. The van der Waals surface area contributed by atoms with Crippen molar-refractivity contribution >= 4 is 17.5 Å². The number of nitrogens with zero attached hydrogens (tertiary/aromatic N) is 3. The highest BCUT2D eigenvalue weighted by atomic mass is 16.2. The van der Waals surface area contributed by atoms with Gasteiger partial charge in [0.25, 0.3) is 5.91 Å². The van der Waals surface area contributed by atoms with Gasteiger partial charge in [-0.05, 0) is 24.3 Å². The lowest BCUT2D eigenvalue weighted by atomic mass is 10.0. The Bertz CT molecular complexity index is 967. The molecule has 2 heterocycles. The first-order valence-corrected chi connectivity index (χ1v) is 8.18. The van der Waals surface area contributed by atoms with Crippen LogP contribution < -0.4 is 16.0 Å². The Kier molecular flexibility index (Phi) is 3.89. The van der Waals surface area contributed by atoms with Gasteiger partial charge in [0, 0.05) is 11.8 Å². The summed E-state index contributed by atoms with van der Waals surface area (Å²) < 4.78 is 1.73. The second-order valence-electron chi connectivity index (χ2n) is 6.04. The van der Waals surface area contributed by atoms with Crippen LogP contribution in [0, 0.1) is 0 Å². The molecule has 0 fully saturated rings. The number of nitrogens with two attached hydrogens (primary N) is 1. The van der Waals surface area contributed by atoms with E-state index < -0.39 is 12.1 Å². The summed E-state index contributed by atoms with van der Waals surface area (Å²) in [5.74, 6) is -0.671. The van der Waals surface area contributed by atoms with Gasteiger partial charge < -0.3 is 16.0 Å². The number of hydrogen-bond acceptors (Lipinski definition) is 4. The first-order valence-electron chi connectivity index (χ1n) is 8.18. The van der Waals surface area contributed by atoms with Crippen LogP contribution in [-0.2, 0) is 4.79 Å². The summed E-state index contributed by atoms with van der Waals surface area (Å²) in [7, 11) is 0. The van der Waals surface area contributed by atoms with Gasteiger partial charge in [-0.3, -0.25) is 9.59 Å². The van der Waals surface area contributed by atoms with Crippen molar-refractivity contribution in [3.63, 3.8) is 0 Å². The Labute approximate surface area is 150 Å². The zero-order chi connectivity index (χ0) is 18.1. The lowest BCUT2D eigenvalue weighted by molar-refractivity contribution is -0.116. The maximum atomic E-state index is 12.5. The van der Waals surface area contributed by atoms with Crippen molar-refractivity contribution in [2.24, 2.45) is 5.73 Å². The van der Waals surface area contributed by atoms with Crippen LogP contribution in [0.4, 0.5) is 5.69 Å². The fraction of sp³-hybridized carbons (Fsp3) is 0.105. The molecule has 1 aliphatic heterocycles. The van der Waals surface area contributed by atoms with Crippen molar-refractivity contribution < 1.29 is 9.59 Å². The molecule has 0 radical (unpaired) electrons. The van der Waals surface area contributed by atoms with E-state index in [0.717, 1.165) is 11.3 Å². The molecule has 7 nitrogen and oxygen atoms in total. The molecule has 3 N–H and O–H groups in total. The summed E-state index contributed by atoms with van der Waals surface area (Å²) in [5, 5.41) is 7.31. The first kappa shape index (κ1) is 15.9. The van der Waals surface area contributed by atoms with Gasteiger partial charge >= 0.3 is 0 Å². The SMILES string of the molecule is NC(=O)CN1c2ccccc2C(=O)NC1c1cnn(-c2ccccc2)c1. The van der Waals surface area contributed by atoms with E-state index in [4.69, 9.17) is 5.73 Å². The number of carbonyl (C=O) groups is 2. The normalized spacial score (nSPS) is 16.1. The summed E-state index contributed by atoms with van der Waals surface area (Å²) in [6.07, 6.45) is 2.99. The third-order valence-electron chi connectivity index (χ3n) is 4.30. The van der Waals surface area contributed by atoms with Gasteiger partial charge in [0.1, 0.15) is 6.17 Å². The minimum Gasteiger partial charge on any atom is -0.368 e. The number of anilines is 1. The third kappa shape index (κ3) is 2.79. The molecule has 0 spiro atoms. The summed E-state index contributed by atoms with van der Waals surface area (Å²) in [6.45, 7) is -0.0154. The Morgan fingerprint density at radius 2 is 1.85 bits per heavy atom. The molecule has 2 aromatic carbocycles. The van der Waals surface area contributed by atoms with Crippen molar-refractivity contribution in [2.75, 3.05) is 11.4 Å². The van der Waals surface area contributed by atoms with Gasteiger partial charge in [-0.1, -0.05) is 30.3 Å². The van der Waals surface area contributed by atoms with E-state index in [1.54, 1.807) is 27.9 Å². The molecule has 130 valence electrons. The van der Waals surface area contributed by atoms with E-state index in [2.05, 4.69) is 10.4 Å². The van der Waals surface area contributed by atoms with E-state index in [1.807, 2.05) is 48.7 Å². The fourth-order valence-corrected chi connectivity index (χ4v) is 3.14. The first-order chi connectivity index (χ1) is 12.6. The number of fused-ring (bicyclic) bond motifs is 1. The maximum Gasteiger partial charge on any atom is 0.255 e. The van der Waals surface area contributed by atoms with Gasteiger partial charge in [-0.15, -0.1) is 0 Å². The van der Waals surface area contributed by atoms with Crippen molar-refractivity contribution in [3.8, 4) is 5.69 Å². The lowest BCUT2D eigenvalue weighted by Crippen LogP contribution is -2.49. The van der Waals surface area contributed by atoms with Crippen molar-refractivity contribution in [2.45, 2.75) is 6.17 Å². The molecule has 1 unspecified atom stereocenters. The zero-order valence-electron chi connectivity index (χ0n) is 13.9. The van der Waals surface area contributed by atoms with Crippen LogP contribution in [0.5, 0.6) is 0 Å². The van der Waals surface area contributed by atoms with Crippen LogP contribution in [0.1, 0.15) is 22.1 Å². The molecule has 4 rings (SSSR count). The standard InChI is InChI=1S/C19H17N5O2/c20-17(25)12-23-16-9-5-4-8-15(16)19(26)22-18(23)13-10-21-24(11-13)14-6-2-1-3-7-14/h1-11,18H,12H2,(H2,20,25)(H,22,26). The Hall–Kier alpha value is -3.61. The molecular weight excluding hydrogens is 330 g/mol. The van der Waals surface area contributed by atoms with E-state index in [-0.39, 0.29) is 12.5 Å². The minimum absolute atomic E-state index is 0.0154. The molecule has 0 saturated carbocycles. The second kappa shape index (κ2) is 6.36. The molecule has 0 bridgehead atoms. The molecule has 2 amide bonds. The number of benzene rings is 2. The predicted molar refractivity (Wildman–Crippen MR) is 96.8 cm³/mol. The Morgan fingerprint density at radius 3 is 2.62 bits per heavy atom. The van der Waals surface area contributed by atoms with Crippen molar-refractivity contribution in [1.29, 1.82) is 0 Å². The molecule has 0 aliphatic carbocycles. The predicted octanol–water partition coefficient (Wildman–Crippen LogP) is 1.61. The Balaban J connectivity index is 1.74. The number of nitrogens with one attached hydrogen (secondary N) is 1. The molecular formula is C19H17N5O2. The average molecular weight is 347 g/mol. The van der Waals surface area contributed by atoms with E-state index in [0.29, 0.717) is 11.3 Å². The smallest absolute Gasteiger partial charge is 0.255 e. The summed E-state index contributed by atoms with van der Waals surface area (Å²) in [5.41, 5.74) is 8.29. The molecule has 1 aliphatic rings. The van der Waals surface area contributed by atoms with Crippen LogP contribution >= 0.6 is 0 Å². The third-order valence-corrected chi connectivity index (χ3v) is 4.30. The monoisotopic (exact) mass is 347 g/mol. The number of primary amides is 1. The van der Waals surface area contributed by atoms with Crippen LogP contribution in [0.15, 0.2) is 67.0 Å². The summed E-state index contributed by atoms with van der Waals surface area (Å²) in [6, 6.07) is 16.8. The van der Waals surface area contributed by atoms with Crippen LogP contribution in [0.3, 0.4) is 0 Å². The van der Waals surface area contributed by atoms with Crippen LogP contribution in [-0.4, -0.2) is 28.1 Å². The quantitative estimate of drug-likeness (QED) is 0.750. The molecule has 3 aromatic rings. The van der Waals surface area contributed by atoms with E-state index >= 15 is 0 Å². The number of para-hydroxylation sites is 2. The maximum absolute atomic E-state index is 12.5. The molecule has 1 aromatic heterocycles. The topological polar surface area (TPSA) is 93.2 Å². The van der Waals surface area contributed by atoms with Gasteiger partial charge in [-0.25, -0.2) is 4.68 Å². The summed E-state index contributed by atoms with van der Waals surface area (Å²) >= 11 is 0. The van der Waals surface area contributed by atoms with Gasteiger partial charge in [0.05, 0.1) is 29.7 Å². The number of amides is 2. The van der Waals surface area contributed by atoms with Crippen LogP contribution in [0.25, 0.3) is 5.69 Å². The highest BCUT2D eigenvalue weighted by molar-refractivity contribution is 6.02. The fourth-order valence-electron chi connectivity index (χ4n) is 3.14. The van der Waals surface area contributed by atoms with Crippen molar-refractivity contribution in [1.82, 2.24) is 15.1 Å². The lowest BCUT2D eigenvalue weighted by Gasteiger charge is -2.37.